The van der Waals surface area contributed by atoms with E-state index in [4.69, 9.17) is 9.47 Å². The highest BCUT2D eigenvalue weighted by atomic mass is 32.2. The molecule has 0 spiro atoms. The second kappa shape index (κ2) is 8.84. The lowest BCUT2D eigenvalue weighted by molar-refractivity contribution is -0.122. The van der Waals surface area contributed by atoms with E-state index in [2.05, 4.69) is 4.99 Å². The molecule has 7 heteroatoms. The number of hydrogen-bond donors (Lipinski definition) is 1. The van der Waals surface area contributed by atoms with Gasteiger partial charge in [0, 0.05) is 12.1 Å². The van der Waals surface area contributed by atoms with E-state index in [0.717, 1.165) is 11.4 Å². The number of hydrogen-bond acceptors (Lipinski definition) is 6. The third kappa shape index (κ3) is 4.14. The molecule has 146 valence electrons. The van der Waals surface area contributed by atoms with E-state index < -0.39 is 0 Å². The maximum atomic E-state index is 12.8. The van der Waals surface area contributed by atoms with Crippen LogP contribution in [0.2, 0.25) is 0 Å². The maximum absolute atomic E-state index is 12.8. The summed E-state index contributed by atoms with van der Waals surface area (Å²) >= 11 is 1.28. The largest absolute Gasteiger partial charge is 0.504 e. The fourth-order valence-corrected chi connectivity index (χ4v) is 3.76. The summed E-state index contributed by atoms with van der Waals surface area (Å²) in [7, 11) is 1.61. The van der Waals surface area contributed by atoms with Crippen molar-refractivity contribution >= 4 is 34.6 Å². The summed E-state index contributed by atoms with van der Waals surface area (Å²) in [5.74, 6) is 1.03. The van der Waals surface area contributed by atoms with Gasteiger partial charge in [-0.25, -0.2) is 4.99 Å². The Hall–Kier alpha value is -2.93. The standard InChI is InChI=1S/C21H22N2O4S/c1-4-23-20(25)18(13-14-7-6-8-17(19(14)24)27-5-2)28-21(23)22-15-9-11-16(26-3)12-10-15/h6-13,24H,4-5H2,1-3H3/b18-13+,22-21?. The third-order valence-corrected chi connectivity index (χ3v) is 5.12. The average Bonchev–Trinajstić information content (AvgIpc) is 3.00. The van der Waals surface area contributed by atoms with E-state index in [0.29, 0.717) is 34.5 Å². The number of para-hydroxylation sites is 1. The van der Waals surface area contributed by atoms with Crippen LogP contribution in [0.25, 0.3) is 6.08 Å². The van der Waals surface area contributed by atoms with Crippen LogP contribution in [0, 0.1) is 0 Å². The number of thioether (sulfide) groups is 1. The highest BCUT2D eigenvalue weighted by Gasteiger charge is 2.32. The first-order valence-electron chi connectivity index (χ1n) is 8.96. The van der Waals surface area contributed by atoms with Crippen molar-refractivity contribution in [3.63, 3.8) is 0 Å². The lowest BCUT2D eigenvalue weighted by Crippen LogP contribution is -2.28. The summed E-state index contributed by atoms with van der Waals surface area (Å²) in [6, 6.07) is 12.5. The monoisotopic (exact) mass is 398 g/mol. The van der Waals surface area contributed by atoms with Crippen molar-refractivity contribution < 1.29 is 19.4 Å². The fraction of sp³-hybridized carbons (Fsp3) is 0.238. The Labute approximate surface area is 168 Å². The Balaban J connectivity index is 1.92. The van der Waals surface area contributed by atoms with Gasteiger partial charge >= 0.3 is 0 Å². The van der Waals surface area contributed by atoms with Crippen molar-refractivity contribution in [1.82, 2.24) is 4.90 Å². The van der Waals surface area contributed by atoms with Crippen LogP contribution in [0.4, 0.5) is 5.69 Å². The molecule has 1 heterocycles. The van der Waals surface area contributed by atoms with Crippen molar-refractivity contribution in [3.05, 3.63) is 52.9 Å². The molecule has 3 rings (SSSR count). The van der Waals surface area contributed by atoms with Gasteiger partial charge in [0.1, 0.15) is 5.75 Å². The molecule has 1 aliphatic heterocycles. The molecule has 0 saturated carbocycles. The van der Waals surface area contributed by atoms with Crippen LogP contribution in [-0.4, -0.2) is 41.3 Å². The molecule has 0 unspecified atom stereocenters. The topological polar surface area (TPSA) is 71.4 Å². The number of ether oxygens (including phenoxy) is 2. The van der Waals surface area contributed by atoms with Gasteiger partial charge in [0.25, 0.3) is 5.91 Å². The predicted octanol–water partition coefficient (Wildman–Crippen LogP) is 4.42. The van der Waals surface area contributed by atoms with Gasteiger partial charge < -0.3 is 14.6 Å². The molecule has 2 aromatic rings. The Morgan fingerprint density at radius 2 is 1.93 bits per heavy atom. The van der Waals surface area contributed by atoms with Gasteiger partial charge in [-0.2, -0.15) is 0 Å². The Morgan fingerprint density at radius 3 is 2.57 bits per heavy atom. The zero-order chi connectivity index (χ0) is 20.1. The number of carbonyl (C=O) groups is 1. The van der Waals surface area contributed by atoms with Gasteiger partial charge in [0.15, 0.2) is 16.7 Å². The van der Waals surface area contributed by atoms with Crippen LogP contribution in [0.5, 0.6) is 17.2 Å². The molecule has 6 nitrogen and oxygen atoms in total. The van der Waals surface area contributed by atoms with Crippen LogP contribution in [0.15, 0.2) is 52.4 Å². The van der Waals surface area contributed by atoms with Crippen LogP contribution >= 0.6 is 11.8 Å². The number of phenols is 1. The molecule has 1 saturated heterocycles. The Bertz CT molecular complexity index is 923. The highest BCUT2D eigenvalue weighted by molar-refractivity contribution is 8.18. The van der Waals surface area contributed by atoms with E-state index in [1.165, 1.54) is 11.8 Å². The first-order valence-corrected chi connectivity index (χ1v) is 9.78. The molecule has 2 aromatic carbocycles. The normalized spacial score (nSPS) is 16.8. The number of benzene rings is 2. The van der Waals surface area contributed by atoms with Gasteiger partial charge in [-0.1, -0.05) is 12.1 Å². The Morgan fingerprint density at radius 1 is 1.18 bits per heavy atom. The minimum absolute atomic E-state index is 0.0221. The van der Waals surface area contributed by atoms with Crippen LogP contribution in [0.1, 0.15) is 19.4 Å². The molecular formula is C21H22N2O4S. The molecule has 0 bridgehead atoms. The molecule has 0 aliphatic carbocycles. The number of aliphatic imine (C=N–C) groups is 1. The zero-order valence-electron chi connectivity index (χ0n) is 16.0. The lowest BCUT2D eigenvalue weighted by atomic mass is 10.1. The second-order valence-electron chi connectivity index (χ2n) is 5.88. The molecule has 0 aromatic heterocycles. The fourth-order valence-electron chi connectivity index (χ4n) is 2.71. The SMILES string of the molecule is CCOc1cccc(/C=C2/SC(=Nc3ccc(OC)cc3)N(CC)C2=O)c1O. The zero-order valence-corrected chi connectivity index (χ0v) is 16.8. The number of aromatic hydroxyl groups is 1. The lowest BCUT2D eigenvalue weighted by Gasteiger charge is -2.12. The summed E-state index contributed by atoms with van der Waals surface area (Å²) in [6.07, 6.45) is 1.67. The minimum Gasteiger partial charge on any atom is -0.504 e. The molecule has 1 aliphatic rings. The van der Waals surface area contributed by atoms with Gasteiger partial charge in [0.2, 0.25) is 0 Å². The summed E-state index contributed by atoms with van der Waals surface area (Å²) in [4.78, 5) is 19.5. The summed E-state index contributed by atoms with van der Waals surface area (Å²) in [5, 5.41) is 11.0. The number of phenolic OH excluding ortho intramolecular Hbond substituents is 1. The predicted molar refractivity (Wildman–Crippen MR) is 112 cm³/mol. The quantitative estimate of drug-likeness (QED) is 0.729. The minimum atomic E-state index is -0.138. The molecule has 0 atom stereocenters. The Kier molecular flexibility index (Phi) is 6.26. The number of carbonyl (C=O) groups excluding carboxylic acids is 1. The summed E-state index contributed by atoms with van der Waals surface area (Å²) in [6.45, 7) is 4.70. The van der Waals surface area contributed by atoms with Crippen molar-refractivity contribution in [1.29, 1.82) is 0 Å². The van der Waals surface area contributed by atoms with E-state index in [9.17, 15) is 9.90 Å². The van der Waals surface area contributed by atoms with Crippen LogP contribution in [-0.2, 0) is 4.79 Å². The van der Waals surface area contributed by atoms with E-state index in [-0.39, 0.29) is 11.7 Å². The first-order chi connectivity index (χ1) is 13.6. The number of likely N-dealkylation sites (N-methyl/N-ethyl adjacent to an activating group) is 1. The van der Waals surface area contributed by atoms with Crippen molar-refractivity contribution in [2.24, 2.45) is 4.99 Å². The average molecular weight is 398 g/mol. The van der Waals surface area contributed by atoms with Crippen molar-refractivity contribution in [3.8, 4) is 17.2 Å². The highest BCUT2D eigenvalue weighted by Crippen LogP contribution is 2.37. The van der Waals surface area contributed by atoms with Gasteiger partial charge in [-0.05, 0) is 62.0 Å². The second-order valence-corrected chi connectivity index (χ2v) is 6.89. The molecular weight excluding hydrogens is 376 g/mol. The van der Waals surface area contributed by atoms with Crippen molar-refractivity contribution in [2.75, 3.05) is 20.3 Å². The van der Waals surface area contributed by atoms with Gasteiger partial charge in [-0.3, -0.25) is 9.69 Å². The van der Waals surface area contributed by atoms with E-state index in [1.54, 1.807) is 36.3 Å². The molecule has 28 heavy (non-hydrogen) atoms. The van der Waals surface area contributed by atoms with Crippen LogP contribution in [0.3, 0.4) is 0 Å². The number of methoxy groups -OCH3 is 1. The third-order valence-electron chi connectivity index (χ3n) is 4.12. The molecule has 1 fully saturated rings. The number of nitrogens with zero attached hydrogens (tertiary/aromatic N) is 2. The molecule has 1 amide bonds. The van der Waals surface area contributed by atoms with E-state index >= 15 is 0 Å². The smallest absolute Gasteiger partial charge is 0.266 e. The first kappa shape index (κ1) is 19.8. The molecule has 1 N–H and O–H groups in total. The maximum Gasteiger partial charge on any atom is 0.266 e. The molecule has 0 radical (unpaired) electrons. The number of amidine groups is 1. The number of amides is 1. The van der Waals surface area contributed by atoms with Crippen LogP contribution < -0.4 is 9.47 Å². The number of rotatable bonds is 6. The van der Waals surface area contributed by atoms with Gasteiger partial charge in [-0.15, -0.1) is 0 Å². The summed E-state index contributed by atoms with van der Waals surface area (Å²) in [5.41, 5.74) is 1.26. The van der Waals surface area contributed by atoms with E-state index in [1.807, 2.05) is 38.1 Å². The van der Waals surface area contributed by atoms with Gasteiger partial charge in [0.05, 0.1) is 24.3 Å². The summed E-state index contributed by atoms with van der Waals surface area (Å²) < 4.78 is 10.6. The van der Waals surface area contributed by atoms with Crippen molar-refractivity contribution in [2.45, 2.75) is 13.8 Å².